The predicted molar refractivity (Wildman–Crippen MR) is 119 cm³/mol. The van der Waals surface area contributed by atoms with Crippen LogP contribution in [-0.2, 0) is 0 Å². The number of alkyl halides is 3. The number of nitrogens with zero attached hydrogens (tertiary/aromatic N) is 2. The van der Waals surface area contributed by atoms with Gasteiger partial charge in [-0.2, -0.15) is 0 Å². The number of hydrogen-bond acceptors (Lipinski definition) is 3. The number of allylic oxidation sites excluding steroid dienone is 1. The number of hydrogen-bond donors (Lipinski definition) is 1. The molecule has 0 saturated carbocycles. The molecule has 0 spiro atoms. The molecule has 33 heavy (non-hydrogen) atoms. The van der Waals surface area contributed by atoms with Crippen LogP contribution in [0, 0.1) is 0 Å². The summed E-state index contributed by atoms with van der Waals surface area (Å²) in [6.45, 7) is 0.557. The van der Waals surface area contributed by atoms with Crippen LogP contribution < -0.4 is 10.1 Å². The van der Waals surface area contributed by atoms with Crippen LogP contribution in [0.5, 0.6) is 5.75 Å². The van der Waals surface area contributed by atoms with Gasteiger partial charge in [0.2, 0.25) is 0 Å². The second kappa shape index (κ2) is 9.94. The number of amides is 1. The molecule has 0 fully saturated rings. The zero-order chi connectivity index (χ0) is 23.3. The van der Waals surface area contributed by atoms with Crippen molar-refractivity contribution in [3.05, 3.63) is 78.4 Å². The van der Waals surface area contributed by atoms with E-state index in [1.54, 1.807) is 35.2 Å². The third-order valence-corrected chi connectivity index (χ3v) is 5.51. The van der Waals surface area contributed by atoms with Crippen LogP contribution in [0.4, 0.5) is 13.2 Å². The summed E-state index contributed by atoms with van der Waals surface area (Å²) < 4.78 is 43.4. The van der Waals surface area contributed by atoms with E-state index in [4.69, 9.17) is 0 Å². The van der Waals surface area contributed by atoms with Crippen molar-refractivity contribution >= 4 is 5.91 Å². The number of ether oxygens (including phenoxy) is 1. The van der Waals surface area contributed by atoms with E-state index in [9.17, 15) is 18.0 Å². The lowest BCUT2D eigenvalue weighted by Crippen LogP contribution is -2.26. The second-order valence-electron chi connectivity index (χ2n) is 7.89. The number of nitrogens with one attached hydrogen (secondary N) is 1. The Bertz CT molecular complexity index is 1150. The largest absolute Gasteiger partial charge is 0.573 e. The summed E-state index contributed by atoms with van der Waals surface area (Å²) in [4.78, 5) is 16.9. The van der Waals surface area contributed by atoms with Crippen LogP contribution in [0.3, 0.4) is 0 Å². The van der Waals surface area contributed by atoms with E-state index in [2.05, 4.69) is 21.1 Å². The van der Waals surface area contributed by atoms with Crippen LogP contribution in [0.2, 0.25) is 0 Å². The van der Waals surface area contributed by atoms with Crippen LogP contribution in [0.15, 0.2) is 72.7 Å². The van der Waals surface area contributed by atoms with Crippen molar-refractivity contribution in [2.45, 2.75) is 38.5 Å². The molecule has 1 aliphatic carbocycles. The van der Waals surface area contributed by atoms with Gasteiger partial charge in [-0.1, -0.05) is 35.9 Å². The summed E-state index contributed by atoms with van der Waals surface area (Å²) in [6.07, 6.45) is 6.02. The van der Waals surface area contributed by atoms with Gasteiger partial charge < -0.3 is 10.1 Å². The summed E-state index contributed by atoms with van der Waals surface area (Å²) in [5.74, 6) is -0.518. The molecule has 0 atom stereocenters. The lowest BCUT2D eigenvalue weighted by molar-refractivity contribution is -0.274. The number of halogens is 3. The Morgan fingerprint density at radius 3 is 2.64 bits per heavy atom. The van der Waals surface area contributed by atoms with E-state index in [0.717, 1.165) is 19.3 Å². The first-order valence-electron chi connectivity index (χ1n) is 10.8. The highest BCUT2D eigenvalue weighted by atomic mass is 19.4. The molecule has 1 amide bonds. The predicted octanol–water partition coefficient (Wildman–Crippen LogP) is 6.06. The minimum Gasteiger partial charge on any atom is -0.406 e. The molecule has 4 rings (SSSR count). The molecule has 1 aliphatic rings. The third kappa shape index (κ3) is 6.03. The first-order chi connectivity index (χ1) is 15.9. The van der Waals surface area contributed by atoms with Gasteiger partial charge in [0.1, 0.15) is 11.4 Å². The van der Waals surface area contributed by atoms with Gasteiger partial charge in [-0.3, -0.25) is 9.36 Å². The van der Waals surface area contributed by atoms with Gasteiger partial charge in [-0.05, 0) is 67.5 Å². The zero-order valence-corrected chi connectivity index (χ0v) is 17.9. The second-order valence-corrected chi connectivity index (χ2v) is 7.89. The van der Waals surface area contributed by atoms with Crippen LogP contribution in [0.25, 0.3) is 16.8 Å². The molecule has 2 aromatic carbocycles. The number of rotatable bonds is 7. The molecule has 0 radical (unpaired) electrons. The van der Waals surface area contributed by atoms with Gasteiger partial charge in [0.25, 0.3) is 5.91 Å². The van der Waals surface area contributed by atoms with E-state index < -0.39 is 6.36 Å². The molecule has 0 saturated heterocycles. The average molecular weight is 455 g/mol. The molecule has 1 aromatic heterocycles. The van der Waals surface area contributed by atoms with Crippen molar-refractivity contribution in [1.82, 2.24) is 14.9 Å². The van der Waals surface area contributed by atoms with E-state index in [0.29, 0.717) is 29.1 Å². The van der Waals surface area contributed by atoms with Gasteiger partial charge in [-0.15, -0.1) is 13.2 Å². The highest BCUT2D eigenvalue weighted by Gasteiger charge is 2.31. The van der Waals surface area contributed by atoms with Crippen LogP contribution in [0.1, 0.15) is 42.6 Å². The maximum atomic E-state index is 12.8. The number of carbonyl (C=O) groups is 1. The van der Waals surface area contributed by atoms with Gasteiger partial charge in [-0.25, -0.2) is 4.98 Å². The van der Waals surface area contributed by atoms with Crippen molar-refractivity contribution < 1.29 is 22.7 Å². The fraction of sp³-hybridized carbons (Fsp3) is 0.280. The molecule has 1 N–H and O–H groups in total. The Morgan fingerprint density at radius 1 is 1.09 bits per heavy atom. The van der Waals surface area contributed by atoms with Crippen molar-refractivity contribution in [1.29, 1.82) is 0 Å². The highest BCUT2D eigenvalue weighted by molar-refractivity contribution is 5.93. The fourth-order valence-corrected chi connectivity index (χ4v) is 3.94. The van der Waals surface area contributed by atoms with Gasteiger partial charge in [0, 0.05) is 12.2 Å². The lowest BCUT2D eigenvalue weighted by atomic mass is 9.97. The Kier molecular flexibility index (Phi) is 6.82. The molecule has 0 aliphatic heterocycles. The molecule has 8 heteroatoms. The maximum absolute atomic E-state index is 12.8. The molecule has 5 nitrogen and oxygen atoms in total. The molecule has 1 heterocycles. The number of benzene rings is 2. The highest BCUT2D eigenvalue weighted by Crippen LogP contribution is 2.29. The summed E-state index contributed by atoms with van der Waals surface area (Å²) >= 11 is 0. The maximum Gasteiger partial charge on any atom is 0.573 e. The number of carbonyl (C=O) groups excluding carboxylic acids is 1. The molecule has 3 aromatic rings. The quantitative estimate of drug-likeness (QED) is 0.441. The molecule has 172 valence electrons. The number of aromatic nitrogens is 2. The Hall–Kier alpha value is -3.55. The van der Waals surface area contributed by atoms with Gasteiger partial charge in [0.15, 0.2) is 0 Å². The standard InChI is InChI=1S/C25H24F3N3O2/c26-25(27,28)33-22-11-5-9-20(15-22)19-8-4-10-21(14-19)31-17-29-16-23(31)24(32)30-13-12-18-6-2-1-3-7-18/h4-6,8-11,14-17H,1-3,7,12-13H2,(H,30,32). The first-order valence-corrected chi connectivity index (χ1v) is 10.8. The van der Waals surface area contributed by atoms with Crippen molar-refractivity contribution in [2.24, 2.45) is 0 Å². The van der Waals surface area contributed by atoms with Crippen LogP contribution >= 0.6 is 0 Å². The van der Waals surface area contributed by atoms with Crippen molar-refractivity contribution in [3.8, 4) is 22.6 Å². The fourth-order valence-electron chi connectivity index (χ4n) is 3.94. The number of imidazole rings is 1. The Morgan fingerprint density at radius 2 is 1.88 bits per heavy atom. The Labute approximate surface area is 189 Å². The minimum atomic E-state index is -4.76. The van der Waals surface area contributed by atoms with Gasteiger partial charge in [0.05, 0.1) is 12.5 Å². The van der Waals surface area contributed by atoms with Crippen LogP contribution in [-0.4, -0.2) is 28.4 Å². The summed E-state index contributed by atoms with van der Waals surface area (Å²) in [6, 6.07) is 12.9. The van der Waals surface area contributed by atoms with Gasteiger partial charge >= 0.3 is 6.36 Å². The van der Waals surface area contributed by atoms with E-state index in [1.165, 1.54) is 42.8 Å². The molecular weight excluding hydrogens is 431 g/mol. The van der Waals surface area contributed by atoms with Crippen molar-refractivity contribution in [3.63, 3.8) is 0 Å². The minimum absolute atomic E-state index is 0.227. The summed E-state index contributed by atoms with van der Waals surface area (Å²) in [5.41, 5.74) is 3.69. The van der Waals surface area contributed by atoms with E-state index in [-0.39, 0.29) is 11.7 Å². The summed E-state index contributed by atoms with van der Waals surface area (Å²) in [5, 5.41) is 2.95. The zero-order valence-electron chi connectivity index (χ0n) is 17.9. The van der Waals surface area contributed by atoms with E-state index >= 15 is 0 Å². The topological polar surface area (TPSA) is 56.2 Å². The van der Waals surface area contributed by atoms with E-state index in [1.807, 2.05) is 6.07 Å². The summed E-state index contributed by atoms with van der Waals surface area (Å²) in [7, 11) is 0. The molecule has 0 unspecified atom stereocenters. The molecular formula is C25H24F3N3O2. The Balaban J connectivity index is 1.49. The lowest BCUT2D eigenvalue weighted by Gasteiger charge is -2.14. The average Bonchev–Trinajstić information content (AvgIpc) is 3.29. The first kappa shape index (κ1) is 22.6. The van der Waals surface area contributed by atoms with Crippen molar-refractivity contribution in [2.75, 3.05) is 6.54 Å². The third-order valence-electron chi connectivity index (χ3n) is 5.51. The SMILES string of the molecule is O=C(NCCC1=CCCCC1)c1cncn1-c1cccc(-c2cccc(OC(F)(F)F)c2)c1. The normalized spacial score (nSPS) is 14.0. The monoisotopic (exact) mass is 455 g/mol. The smallest absolute Gasteiger partial charge is 0.406 e. The molecule has 0 bridgehead atoms.